The third kappa shape index (κ3) is 7.23. The molecule has 2 aromatic carbocycles. The Morgan fingerprint density at radius 2 is 2.07 bits per heavy atom. The van der Waals surface area contributed by atoms with Crippen molar-refractivity contribution >= 4 is 39.6 Å². The first kappa shape index (κ1) is 30.3. The van der Waals surface area contributed by atoms with Crippen molar-refractivity contribution in [2.75, 3.05) is 5.75 Å². The molecule has 0 unspecified atom stereocenters. The average molecular weight is 611 g/mol. The quantitative estimate of drug-likeness (QED) is 0.109. The van der Waals surface area contributed by atoms with Crippen molar-refractivity contribution in [2.24, 2.45) is 5.73 Å². The van der Waals surface area contributed by atoms with Gasteiger partial charge in [-0.05, 0) is 86.9 Å². The molecule has 0 aliphatic carbocycles. The third-order valence-corrected chi connectivity index (χ3v) is 8.78. The van der Waals surface area contributed by atoms with Gasteiger partial charge in [0.2, 0.25) is 0 Å². The van der Waals surface area contributed by atoms with Crippen LogP contribution in [0.15, 0.2) is 53.5 Å². The van der Waals surface area contributed by atoms with Gasteiger partial charge in [0.25, 0.3) is 0 Å². The highest BCUT2D eigenvalue weighted by atomic mass is 35.5. The third-order valence-electron chi connectivity index (χ3n) is 7.75. The minimum atomic E-state index is -0.538. The second kappa shape index (κ2) is 13.4. The van der Waals surface area contributed by atoms with Crippen molar-refractivity contribution in [3.8, 4) is 16.9 Å². The van der Waals surface area contributed by atoms with Gasteiger partial charge in [-0.2, -0.15) is 4.98 Å². The Labute approximate surface area is 253 Å². The molecule has 1 aliphatic rings. The summed E-state index contributed by atoms with van der Waals surface area (Å²) in [5.74, 6) is 0.289. The van der Waals surface area contributed by atoms with Gasteiger partial charge in [-0.3, -0.25) is 9.98 Å². The Kier molecular flexibility index (Phi) is 9.67. The fourth-order valence-corrected chi connectivity index (χ4v) is 6.46. The Balaban J connectivity index is 1.35. The number of H-pyrrole nitrogens is 1. The topological polar surface area (TPSA) is 133 Å². The SMILES string of the molecule is C[C@H](O)CCCc1cc(Cl)c(F)c(-c2cc3cn(-c4ccc([C@@H]5CCC[C@@H](CCSC(=N)N)N5)cc4)c(=O)nc3[nH]2)c1. The second-order valence-electron chi connectivity index (χ2n) is 11.0. The van der Waals surface area contributed by atoms with E-state index in [1.807, 2.05) is 24.3 Å². The van der Waals surface area contributed by atoms with Gasteiger partial charge >= 0.3 is 5.69 Å². The van der Waals surface area contributed by atoms with Crippen LogP contribution < -0.4 is 16.7 Å². The van der Waals surface area contributed by atoms with Crippen LogP contribution in [0.1, 0.15) is 62.6 Å². The summed E-state index contributed by atoms with van der Waals surface area (Å²) in [6.45, 7) is 1.74. The molecule has 5 rings (SSSR count). The zero-order chi connectivity index (χ0) is 29.8. The van der Waals surface area contributed by atoms with Crippen molar-refractivity contribution in [3.05, 3.63) is 81.1 Å². The van der Waals surface area contributed by atoms with Gasteiger partial charge in [-0.25, -0.2) is 9.18 Å². The number of fused-ring (bicyclic) bond motifs is 1. The molecule has 0 amide bonds. The van der Waals surface area contributed by atoms with E-state index in [1.54, 1.807) is 31.3 Å². The van der Waals surface area contributed by atoms with Gasteiger partial charge in [0, 0.05) is 35.0 Å². The molecule has 0 radical (unpaired) electrons. The van der Waals surface area contributed by atoms with Gasteiger partial charge in [0.1, 0.15) is 5.65 Å². The number of piperidine rings is 1. The minimum absolute atomic E-state index is 0.0274. The lowest BCUT2D eigenvalue weighted by molar-refractivity contribution is 0.182. The maximum atomic E-state index is 15.1. The molecule has 3 atom stereocenters. The number of aromatic nitrogens is 3. The van der Waals surface area contributed by atoms with Gasteiger partial charge < -0.3 is 21.1 Å². The summed E-state index contributed by atoms with van der Waals surface area (Å²) in [6, 6.07) is 13.7. The van der Waals surface area contributed by atoms with E-state index in [0.717, 1.165) is 49.0 Å². The number of amidine groups is 1. The normalized spacial score (nSPS) is 17.9. The van der Waals surface area contributed by atoms with Crippen LogP contribution in [0.4, 0.5) is 4.39 Å². The van der Waals surface area contributed by atoms with E-state index >= 15 is 4.39 Å². The van der Waals surface area contributed by atoms with Crippen molar-refractivity contribution in [3.63, 3.8) is 0 Å². The summed E-state index contributed by atoms with van der Waals surface area (Å²) in [5, 5.41) is 21.5. The highest BCUT2D eigenvalue weighted by Gasteiger charge is 2.22. The van der Waals surface area contributed by atoms with Crippen LogP contribution in [-0.4, -0.2) is 42.7 Å². The number of nitrogens with zero attached hydrogens (tertiary/aromatic N) is 2. The summed E-state index contributed by atoms with van der Waals surface area (Å²) in [7, 11) is 0. The number of aliphatic hydroxyl groups excluding tert-OH is 1. The molecule has 6 N–H and O–H groups in total. The zero-order valence-corrected chi connectivity index (χ0v) is 25.1. The van der Waals surface area contributed by atoms with E-state index in [1.165, 1.54) is 16.3 Å². The number of hydrogen-bond donors (Lipinski definition) is 5. The lowest BCUT2D eigenvalue weighted by atomic mass is 9.92. The number of aliphatic hydroxyl groups is 1. The highest BCUT2D eigenvalue weighted by Crippen LogP contribution is 2.32. The van der Waals surface area contributed by atoms with Gasteiger partial charge in [0.05, 0.1) is 22.5 Å². The summed E-state index contributed by atoms with van der Waals surface area (Å²) in [5.41, 5.74) is 8.93. The molecule has 11 heteroatoms. The molecule has 8 nitrogen and oxygen atoms in total. The Morgan fingerprint density at radius 1 is 1.29 bits per heavy atom. The lowest BCUT2D eigenvalue weighted by Gasteiger charge is -2.31. The van der Waals surface area contributed by atoms with Crippen LogP contribution in [0.25, 0.3) is 28.0 Å². The first-order valence-corrected chi connectivity index (χ1v) is 15.7. The first-order valence-electron chi connectivity index (χ1n) is 14.3. The molecule has 1 saturated heterocycles. The number of aromatic amines is 1. The Hall–Kier alpha value is -3.18. The van der Waals surface area contributed by atoms with Crippen molar-refractivity contribution < 1.29 is 9.50 Å². The lowest BCUT2D eigenvalue weighted by Crippen LogP contribution is -2.37. The molecule has 0 bridgehead atoms. The number of nitrogens with two attached hydrogens (primary N) is 1. The molecule has 1 fully saturated rings. The highest BCUT2D eigenvalue weighted by molar-refractivity contribution is 8.13. The Morgan fingerprint density at radius 3 is 2.81 bits per heavy atom. The predicted octanol–water partition coefficient (Wildman–Crippen LogP) is 6.08. The number of aryl methyl sites for hydroxylation is 1. The fraction of sp³-hybridized carbons (Fsp3) is 0.387. The first-order chi connectivity index (χ1) is 20.2. The molecule has 2 aromatic heterocycles. The van der Waals surface area contributed by atoms with E-state index < -0.39 is 17.6 Å². The molecule has 0 spiro atoms. The molecule has 4 aromatic rings. The number of thioether (sulfide) groups is 1. The fourth-order valence-electron chi connectivity index (χ4n) is 5.60. The van der Waals surface area contributed by atoms with E-state index in [0.29, 0.717) is 46.9 Å². The van der Waals surface area contributed by atoms with Crippen molar-refractivity contribution in [1.29, 1.82) is 5.41 Å². The molecule has 1 aliphatic heterocycles. The molecule has 3 heterocycles. The summed E-state index contributed by atoms with van der Waals surface area (Å²) in [4.78, 5) is 20.3. The van der Waals surface area contributed by atoms with Crippen LogP contribution >= 0.6 is 23.4 Å². The van der Waals surface area contributed by atoms with Crippen LogP contribution in [-0.2, 0) is 6.42 Å². The number of benzene rings is 2. The van der Waals surface area contributed by atoms with Crippen LogP contribution in [0.5, 0.6) is 0 Å². The number of hydrogen-bond acceptors (Lipinski definition) is 6. The largest absolute Gasteiger partial charge is 0.393 e. The van der Waals surface area contributed by atoms with Gasteiger partial charge in [-0.1, -0.05) is 41.9 Å². The number of halogens is 2. The molecular weight excluding hydrogens is 575 g/mol. The van der Waals surface area contributed by atoms with Crippen LogP contribution in [0.2, 0.25) is 5.02 Å². The molecule has 222 valence electrons. The van der Waals surface area contributed by atoms with E-state index in [9.17, 15) is 9.90 Å². The van der Waals surface area contributed by atoms with E-state index in [-0.39, 0.29) is 16.2 Å². The van der Waals surface area contributed by atoms with Gasteiger partial charge in [0.15, 0.2) is 11.0 Å². The van der Waals surface area contributed by atoms with Crippen LogP contribution in [0, 0.1) is 11.2 Å². The maximum Gasteiger partial charge on any atom is 0.354 e. The molecule has 0 saturated carbocycles. The van der Waals surface area contributed by atoms with Gasteiger partial charge in [-0.15, -0.1) is 0 Å². The summed E-state index contributed by atoms with van der Waals surface area (Å²) in [6.07, 6.45) is 7.61. The second-order valence-corrected chi connectivity index (χ2v) is 12.5. The minimum Gasteiger partial charge on any atom is -0.393 e. The van der Waals surface area contributed by atoms with Crippen LogP contribution in [0.3, 0.4) is 0 Å². The van der Waals surface area contributed by atoms with Crippen molar-refractivity contribution in [2.45, 2.75) is 70.1 Å². The van der Waals surface area contributed by atoms with Crippen molar-refractivity contribution in [1.82, 2.24) is 19.9 Å². The Bertz CT molecular complexity index is 1620. The maximum absolute atomic E-state index is 15.1. The predicted molar refractivity (Wildman–Crippen MR) is 169 cm³/mol. The molecule has 42 heavy (non-hydrogen) atoms. The summed E-state index contributed by atoms with van der Waals surface area (Å²) < 4.78 is 16.6. The molecular formula is C31H36ClFN6O2S. The van der Waals surface area contributed by atoms with E-state index in [4.69, 9.17) is 22.7 Å². The number of nitrogens with one attached hydrogen (secondary N) is 3. The average Bonchev–Trinajstić information content (AvgIpc) is 3.37. The smallest absolute Gasteiger partial charge is 0.354 e. The zero-order valence-electron chi connectivity index (χ0n) is 23.5. The monoisotopic (exact) mass is 610 g/mol. The standard InChI is InChI=1S/C31H36ClFN6O2S/c1-18(40)4-2-5-19-14-24(28(33)25(32)15-19)27-16-21-17-39(31(41)38-29(21)37-27)23-10-8-20(9-11-23)26-7-3-6-22(36-26)12-13-42-30(34)35/h8-11,14-18,22,26,36,40H,2-7,12-13H2,1H3,(H3,34,35)(H,37,38,41)/t18-,22-,26-/m0/s1. The number of rotatable bonds is 10. The van der Waals surface area contributed by atoms with E-state index in [2.05, 4.69) is 15.3 Å². The summed E-state index contributed by atoms with van der Waals surface area (Å²) >= 11 is 7.60.